The van der Waals surface area contributed by atoms with Gasteiger partial charge in [-0.25, -0.2) is 4.79 Å². The molecule has 4 heteroatoms. The van der Waals surface area contributed by atoms with E-state index in [0.29, 0.717) is 12.1 Å². The monoisotopic (exact) mass is 272 g/mol. The van der Waals surface area contributed by atoms with Crippen molar-refractivity contribution < 1.29 is 9.53 Å². The molecule has 0 spiro atoms. The second-order valence-electron chi connectivity index (χ2n) is 4.68. The molecule has 0 aliphatic rings. The van der Waals surface area contributed by atoms with Gasteiger partial charge in [0.1, 0.15) is 0 Å². The fourth-order valence-electron chi connectivity index (χ4n) is 2.20. The number of anilines is 1. The van der Waals surface area contributed by atoms with Crippen molar-refractivity contribution >= 4 is 11.7 Å². The van der Waals surface area contributed by atoms with Crippen LogP contribution in [-0.2, 0) is 17.8 Å². The average molecular weight is 272 g/mol. The molecule has 1 N–H and O–H groups in total. The highest BCUT2D eigenvalue weighted by atomic mass is 16.5. The van der Waals surface area contributed by atoms with E-state index in [1.165, 1.54) is 12.8 Å². The van der Waals surface area contributed by atoms with Gasteiger partial charge in [-0.2, -0.15) is 0 Å². The average Bonchev–Trinajstić information content (AvgIpc) is 2.92. The minimum absolute atomic E-state index is 0.318. The second kappa shape index (κ2) is 6.28. The third kappa shape index (κ3) is 3.02. The smallest absolute Gasteiger partial charge is 0.339 e. The molecule has 0 saturated heterocycles. The molecule has 1 aromatic carbocycles. The third-order valence-electron chi connectivity index (χ3n) is 3.30. The number of ether oxygens (including phenoxy) is 1. The van der Waals surface area contributed by atoms with Crippen LogP contribution in [0.4, 0.5) is 5.69 Å². The Hall–Kier alpha value is -2.23. The van der Waals surface area contributed by atoms with Gasteiger partial charge in [-0.15, -0.1) is 0 Å². The Labute approximate surface area is 119 Å². The molecule has 0 aliphatic carbocycles. The van der Waals surface area contributed by atoms with Crippen molar-refractivity contribution in [3.05, 3.63) is 53.3 Å². The number of aryl methyl sites for hydroxylation is 2. The largest absolute Gasteiger partial charge is 0.465 e. The molecule has 0 radical (unpaired) electrons. The van der Waals surface area contributed by atoms with Gasteiger partial charge in [0.05, 0.1) is 19.2 Å². The van der Waals surface area contributed by atoms with E-state index in [1.54, 1.807) is 0 Å². The Kier molecular flexibility index (Phi) is 4.45. The summed E-state index contributed by atoms with van der Waals surface area (Å²) in [6.07, 6.45) is 2.05. The maximum Gasteiger partial charge on any atom is 0.339 e. The third-order valence-corrected chi connectivity index (χ3v) is 3.30. The van der Waals surface area contributed by atoms with E-state index in [1.807, 2.05) is 37.4 Å². The normalized spacial score (nSPS) is 10.3. The molecule has 0 unspecified atom stereocenters. The SMILES string of the molecule is CCn1cccc1CNc1ccc(C)cc1C(=O)OC. The van der Waals surface area contributed by atoms with E-state index in [-0.39, 0.29) is 5.97 Å². The van der Waals surface area contributed by atoms with Crippen LogP contribution in [0, 0.1) is 6.92 Å². The zero-order chi connectivity index (χ0) is 14.5. The molecule has 0 aliphatic heterocycles. The number of carbonyl (C=O) groups is 1. The number of nitrogens with one attached hydrogen (secondary N) is 1. The van der Waals surface area contributed by atoms with Gasteiger partial charge in [0.15, 0.2) is 0 Å². The predicted molar refractivity (Wildman–Crippen MR) is 80.0 cm³/mol. The molecule has 0 bridgehead atoms. The number of aromatic nitrogens is 1. The van der Waals surface area contributed by atoms with E-state index < -0.39 is 0 Å². The second-order valence-corrected chi connectivity index (χ2v) is 4.68. The van der Waals surface area contributed by atoms with Gasteiger partial charge in [-0.3, -0.25) is 0 Å². The van der Waals surface area contributed by atoms with Crippen LogP contribution in [0.15, 0.2) is 36.5 Å². The van der Waals surface area contributed by atoms with Crippen molar-refractivity contribution in [3.63, 3.8) is 0 Å². The predicted octanol–water partition coefficient (Wildman–Crippen LogP) is 3.22. The van der Waals surface area contributed by atoms with Crippen molar-refractivity contribution in [1.29, 1.82) is 0 Å². The Morgan fingerprint density at radius 1 is 1.35 bits per heavy atom. The van der Waals surface area contributed by atoms with Gasteiger partial charge in [0.25, 0.3) is 0 Å². The summed E-state index contributed by atoms with van der Waals surface area (Å²) in [5, 5.41) is 3.31. The van der Waals surface area contributed by atoms with Crippen molar-refractivity contribution in [3.8, 4) is 0 Å². The lowest BCUT2D eigenvalue weighted by Gasteiger charge is -2.13. The van der Waals surface area contributed by atoms with Crippen LogP contribution in [0.3, 0.4) is 0 Å². The highest BCUT2D eigenvalue weighted by molar-refractivity contribution is 5.95. The molecular formula is C16H20N2O2. The number of benzene rings is 1. The first-order valence-electron chi connectivity index (χ1n) is 6.72. The Bertz CT molecular complexity index is 602. The Morgan fingerprint density at radius 3 is 2.85 bits per heavy atom. The lowest BCUT2D eigenvalue weighted by molar-refractivity contribution is 0.0601. The summed E-state index contributed by atoms with van der Waals surface area (Å²) in [5.41, 5.74) is 3.59. The van der Waals surface area contributed by atoms with Crippen LogP contribution < -0.4 is 5.32 Å². The maximum atomic E-state index is 11.8. The highest BCUT2D eigenvalue weighted by Crippen LogP contribution is 2.19. The van der Waals surface area contributed by atoms with Gasteiger partial charge >= 0.3 is 5.97 Å². The molecule has 2 aromatic rings. The van der Waals surface area contributed by atoms with Crippen LogP contribution in [0.2, 0.25) is 0 Å². The van der Waals surface area contributed by atoms with Gasteiger partial charge in [-0.05, 0) is 38.1 Å². The lowest BCUT2D eigenvalue weighted by Crippen LogP contribution is -2.10. The summed E-state index contributed by atoms with van der Waals surface area (Å²) in [7, 11) is 1.40. The number of carbonyl (C=O) groups excluding carboxylic acids is 1. The van der Waals surface area contributed by atoms with E-state index in [0.717, 1.165) is 17.8 Å². The molecule has 1 aromatic heterocycles. The number of hydrogen-bond donors (Lipinski definition) is 1. The number of hydrogen-bond acceptors (Lipinski definition) is 3. The minimum Gasteiger partial charge on any atom is -0.465 e. The van der Waals surface area contributed by atoms with Crippen molar-refractivity contribution in [2.75, 3.05) is 12.4 Å². The summed E-state index contributed by atoms with van der Waals surface area (Å²) < 4.78 is 7.00. The van der Waals surface area contributed by atoms with Gasteiger partial charge in [-0.1, -0.05) is 11.6 Å². The van der Waals surface area contributed by atoms with E-state index >= 15 is 0 Å². The molecule has 0 saturated carbocycles. The standard InChI is InChI=1S/C16H20N2O2/c1-4-18-9-5-6-13(18)11-17-15-8-7-12(2)10-14(15)16(19)20-3/h5-10,17H,4,11H2,1-3H3. The summed E-state index contributed by atoms with van der Waals surface area (Å²) in [6.45, 7) is 5.67. The van der Waals surface area contributed by atoms with Crippen molar-refractivity contribution in [2.24, 2.45) is 0 Å². The topological polar surface area (TPSA) is 43.3 Å². The first-order valence-corrected chi connectivity index (χ1v) is 6.72. The fraction of sp³-hybridized carbons (Fsp3) is 0.312. The fourth-order valence-corrected chi connectivity index (χ4v) is 2.20. The van der Waals surface area contributed by atoms with Crippen LogP contribution >= 0.6 is 0 Å². The first kappa shape index (κ1) is 14.2. The van der Waals surface area contributed by atoms with Gasteiger partial charge in [0.2, 0.25) is 0 Å². The molecule has 2 rings (SSSR count). The van der Waals surface area contributed by atoms with Crippen molar-refractivity contribution in [1.82, 2.24) is 4.57 Å². The van der Waals surface area contributed by atoms with Gasteiger partial charge < -0.3 is 14.6 Å². The van der Waals surface area contributed by atoms with Crippen molar-refractivity contribution in [2.45, 2.75) is 26.9 Å². The molecule has 0 amide bonds. The maximum absolute atomic E-state index is 11.8. The molecule has 1 heterocycles. The van der Waals surface area contributed by atoms with Crippen LogP contribution in [0.25, 0.3) is 0 Å². The van der Waals surface area contributed by atoms with Gasteiger partial charge in [0, 0.05) is 24.1 Å². The number of methoxy groups -OCH3 is 1. The molecule has 106 valence electrons. The zero-order valence-electron chi connectivity index (χ0n) is 12.1. The van der Waals surface area contributed by atoms with E-state index in [9.17, 15) is 4.79 Å². The Morgan fingerprint density at radius 2 is 2.15 bits per heavy atom. The number of nitrogens with zero attached hydrogens (tertiary/aromatic N) is 1. The number of rotatable bonds is 5. The van der Waals surface area contributed by atoms with E-state index in [2.05, 4.69) is 22.9 Å². The van der Waals surface area contributed by atoms with Crippen LogP contribution in [-0.4, -0.2) is 17.6 Å². The first-order chi connectivity index (χ1) is 9.65. The summed E-state index contributed by atoms with van der Waals surface area (Å²) in [5.74, 6) is -0.318. The Balaban J connectivity index is 2.19. The molecule has 0 atom stereocenters. The lowest BCUT2D eigenvalue weighted by atomic mass is 10.1. The zero-order valence-corrected chi connectivity index (χ0v) is 12.1. The highest BCUT2D eigenvalue weighted by Gasteiger charge is 2.12. The van der Waals surface area contributed by atoms with Crippen LogP contribution in [0.5, 0.6) is 0 Å². The quantitative estimate of drug-likeness (QED) is 0.850. The molecule has 20 heavy (non-hydrogen) atoms. The summed E-state index contributed by atoms with van der Waals surface area (Å²) >= 11 is 0. The van der Waals surface area contributed by atoms with E-state index in [4.69, 9.17) is 4.74 Å². The summed E-state index contributed by atoms with van der Waals surface area (Å²) in [4.78, 5) is 11.8. The summed E-state index contributed by atoms with van der Waals surface area (Å²) in [6, 6.07) is 9.83. The molecule has 4 nitrogen and oxygen atoms in total. The minimum atomic E-state index is -0.318. The van der Waals surface area contributed by atoms with Crippen LogP contribution in [0.1, 0.15) is 28.5 Å². The molecule has 0 fully saturated rings. The molecular weight excluding hydrogens is 252 g/mol. The number of esters is 1.